The molecule has 1 heterocycles. The Labute approximate surface area is 145 Å². The number of nitrogens with zero attached hydrogens (tertiary/aromatic N) is 2. The van der Waals surface area contributed by atoms with Gasteiger partial charge in [0, 0.05) is 12.0 Å². The average molecular weight is 366 g/mol. The SMILES string of the molecule is COc1ccc(S(=O)(=O)C2C=NC(SCC3CCC3)=NC2=O)cc1. The van der Waals surface area contributed by atoms with E-state index >= 15 is 0 Å². The summed E-state index contributed by atoms with van der Waals surface area (Å²) >= 11 is 1.42. The van der Waals surface area contributed by atoms with Gasteiger partial charge in [0.1, 0.15) is 5.75 Å². The molecular formula is C16H18N2O4S2. The highest BCUT2D eigenvalue weighted by atomic mass is 32.2. The van der Waals surface area contributed by atoms with E-state index in [0.29, 0.717) is 16.8 Å². The maximum atomic E-state index is 12.6. The zero-order valence-electron chi connectivity index (χ0n) is 13.2. The minimum atomic E-state index is -3.86. The highest BCUT2D eigenvalue weighted by Gasteiger charge is 2.35. The average Bonchev–Trinajstić information content (AvgIpc) is 2.53. The van der Waals surface area contributed by atoms with Gasteiger partial charge in [0.25, 0.3) is 5.91 Å². The lowest BCUT2D eigenvalue weighted by Gasteiger charge is -2.24. The summed E-state index contributed by atoms with van der Waals surface area (Å²) in [5.41, 5.74) is 0. The molecule has 1 aliphatic carbocycles. The highest BCUT2D eigenvalue weighted by Crippen LogP contribution is 2.30. The zero-order valence-corrected chi connectivity index (χ0v) is 14.8. The van der Waals surface area contributed by atoms with Crippen LogP contribution in [0.3, 0.4) is 0 Å². The van der Waals surface area contributed by atoms with Crippen molar-refractivity contribution in [3.8, 4) is 5.75 Å². The van der Waals surface area contributed by atoms with Crippen molar-refractivity contribution in [1.82, 2.24) is 0 Å². The number of amides is 1. The Hall–Kier alpha value is -1.67. The van der Waals surface area contributed by atoms with Gasteiger partial charge in [0.15, 0.2) is 20.3 Å². The molecule has 0 radical (unpaired) electrons. The van der Waals surface area contributed by atoms with Gasteiger partial charge in [-0.05, 0) is 43.0 Å². The van der Waals surface area contributed by atoms with Crippen molar-refractivity contribution >= 4 is 38.9 Å². The maximum absolute atomic E-state index is 12.6. The van der Waals surface area contributed by atoms with E-state index in [4.69, 9.17) is 4.74 Å². The minimum absolute atomic E-state index is 0.0499. The number of benzene rings is 1. The summed E-state index contributed by atoms with van der Waals surface area (Å²) in [6.45, 7) is 0. The summed E-state index contributed by atoms with van der Waals surface area (Å²) in [4.78, 5) is 20.2. The third kappa shape index (κ3) is 3.54. The van der Waals surface area contributed by atoms with Gasteiger partial charge in [0.2, 0.25) is 0 Å². The van der Waals surface area contributed by atoms with Crippen molar-refractivity contribution in [2.24, 2.45) is 15.9 Å². The molecular weight excluding hydrogens is 348 g/mol. The summed E-state index contributed by atoms with van der Waals surface area (Å²) in [5, 5.41) is -1.01. The Balaban J connectivity index is 1.71. The van der Waals surface area contributed by atoms with Gasteiger partial charge in [-0.15, -0.1) is 0 Å². The molecule has 1 atom stereocenters. The van der Waals surface area contributed by atoms with Gasteiger partial charge in [-0.3, -0.25) is 4.79 Å². The second kappa shape index (κ2) is 7.06. The fraction of sp³-hybridized carbons (Fsp3) is 0.438. The number of carbonyl (C=O) groups is 1. The van der Waals surface area contributed by atoms with E-state index in [9.17, 15) is 13.2 Å². The number of sulfone groups is 1. The summed E-state index contributed by atoms with van der Waals surface area (Å²) in [7, 11) is -2.36. The number of hydrogen-bond donors (Lipinski definition) is 0. The lowest BCUT2D eigenvalue weighted by atomic mass is 9.87. The number of thioether (sulfide) groups is 1. The van der Waals surface area contributed by atoms with Gasteiger partial charge < -0.3 is 4.74 Å². The van der Waals surface area contributed by atoms with E-state index in [-0.39, 0.29) is 4.90 Å². The van der Waals surface area contributed by atoms with Crippen LogP contribution in [0.4, 0.5) is 0 Å². The summed E-state index contributed by atoms with van der Waals surface area (Å²) < 4.78 is 30.2. The molecule has 0 aromatic heterocycles. The Morgan fingerprint density at radius 3 is 2.50 bits per heavy atom. The van der Waals surface area contributed by atoms with Crippen LogP contribution in [0.1, 0.15) is 19.3 Å². The second-order valence-corrected chi connectivity index (χ2v) is 8.82. The molecule has 0 bridgehead atoms. The fourth-order valence-corrected chi connectivity index (χ4v) is 4.78. The molecule has 128 valence electrons. The van der Waals surface area contributed by atoms with E-state index in [1.54, 1.807) is 12.1 Å². The number of amidine groups is 1. The van der Waals surface area contributed by atoms with Crippen LogP contribution in [0, 0.1) is 5.92 Å². The predicted molar refractivity (Wildman–Crippen MR) is 94.7 cm³/mol. The normalized spacial score (nSPS) is 21.3. The molecule has 0 spiro atoms. The summed E-state index contributed by atoms with van der Waals surface area (Å²) in [6.07, 6.45) is 4.85. The molecule has 1 saturated carbocycles. The highest BCUT2D eigenvalue weighted by molar-refractivity contribution is 8.14. The molecule has 24 heavy (non-hydrogen) atoms. The van der Waals surface area contributed by atoms with Crippen LogP contribution in [0.2, 0.25) is 0 Å². The Kier molecular flexibility index (Phi) is 5.05. The zero-order chi connectivity index (χ0) is 17.2. The van der Waals surface area contributed by atoms with Crippen molar-refractivity contribution in [3.05, 3.63) is 24.3 Å². The van der Waals surface area contributed by atoms with Crippen LogP contribution in [-0.4, -0.2) is 43.8 Å². The van der Waals surface area contributed by atoms with E-state index in [2.05, 4.69) is 9.98 Å². The maximum Gasteiger partial charge on any atom is 0.272 e. The molecule has 0 saturated heterocycles. The number of ether oxygens (including phenoxy) is 1. The van der Waals surface area contributed by atoms with Crippen molar-refractivity contribution in [2.75, 3.05) is 12.9 Å². The smallest absolute Gasteiger partial charge is 0.272 e. The fourth-order valence-electron chi connectivity index (χ4n) is 2.43. The third-order valence-electron chi connectivity index (χ3n) is 4.16. The Bertz CT molecular complexity index is 781. The first-order valence-corrected chi connectivity index (χ1v) is 10.2. The lowest BCUT2D eigenvalue weighted by molar-refractivity contribution is -0.116. The lowest BCUT2D eigenvalue weighted by Crippen LogP contribution is -2.34. The summed E-state index contributed by atoms with van der Waals surface area (Å²) in [5.74, 6) is 1.39. The van der Waals surface area contributed by atoms with Crippen LogP contribution >= 0.6 is 11.8 Å². The monoisotopic (exact) mass is 366 g/mol. The molecule has 1 fully saturated rings. The van der Waals surface area contributed by atoms with Crippen LogP contribution in [0.15, 0.2) is 39.1 Å². The molecule has 1 unspecified atom stereocenters. The summed E-state index contributed by atoms with van der Waals surface area (Å²) in [6, 6.07) is 5.92. The van der Waals surface area contributed by atoms with Gasteiger partial charge in [0.05, 0.1) is 12.0 Å². The third-order valence-corrected chi connectivity index (χ3v) is 7.18. The van der Waals surface area contributed by atoms with Crippen molar-refractivity contribution < 1.29 is 17.9 Å². The number of aliphatic imine (C=N–C) groups is 2. The van der Waals surface area contributed by atoms with Crippen LogP contribution in [0.25, 0.3) is 0 Å². The molecule has 6 nitrogen and oxygen atoms in total. The first-order valence-electron chi connectivity index (χ1n) is 7.68. The van der Waals surface area contributed by atoms with Crippen molar-refractivity contribution in [2.45, 2.75) is 29.4 Å². The molecule has 8 heteroatoms. The number of rotatable bonds is 5. The van der Waals surface area contributed by atoms with E-state index < -0.39 is 21.0 Å². The molecule has 1 aliphatic heterocycles. The number of hydrogen-bond acceptors (Lipinski definition) is 6. The van der Waals surface area contributed by atoms with Crippen molar-refractivity contribution in [1.29, 1.82) is 0 Å². The number of methoxy groups -OCH3 is 1. The molecule has 1 amide bonds. The van der Waals surface area contributed by atoms with Crippen molar-refractivity contribution in [3.63, 3.8) is 0 Å². The van der Waals surface area contributed by atoms with Crippen LogP contribution in [0.5, 0.6) is 5.75 Å². The minimum Gasteiger partial charge on any atom is -0.497 e. The molecule has 2 aliphatic rings. The molecule has 1 aromatic rings. The predicted octanol–water partition coefficient (Wildman–Crippen LogP) is 2.34. The Morgan fingerprint density at radius 2 is 1.96 bits per heavy atom. The van der Waals surface area contributed by atoms with Gasteiger partial charge in [-0.25, -0.2) is 13.4 Å². The van der Waals surface area contributed by atoms with E-state index in [1.165, 1.54) is 56.5 Å². The van der Waals surface area contributed by atoms with Gasteiger partial charge in [-0.2, -0.15) is 4.99 Å². The van der Waals surface area contributed by atoms with Gasteiger partial charge in [-0.1, -0.05) is 18.2 Å². The number of carbonyl (C=O) groups excluding carboxylic acids is 1. The molecule has 1 aromatic carbocycles. The second-order valence-electron chi connectivity index (χ2n) is 5.76. The molecule has 0 N–H and O–H groups in total. The largest absolute Gasteiger partial charge is 0.497 e. The van der Waals surface area contributed by atoms with Crippen LogP contribution in [-0.2, 0) is 14.6 Å². The first-order chi connectivity index (χ1) is 11.5. The molecule has 3 rings (SSSR count). The first kappa shape index (κ1) is 17.2. The van der Waals surface area contributed by atoms with Gasteiger partial charge >= 0.3 is 0 Å². The van der Waals surface area contributed by atoms with Crippen LogP contribution < -0.4 is 4.74 Å². The Morgan fingerprint density at radius 1 is 1.25 bits per heavy atom. The standard InChI is InChI=1S/C16H18N2O4S2/c1-22-12-5-7-13(8-6-12)24(20,21)14-9-17-16(18-15(14)19)23-10-11-3-2-4-11/h5-9,11,14H,2-4,10H2,1H3. The van der Waals surface area contributed by atoms with E-state index in [0.717, 1.165) is 5.75 Å². The van der Waals surface area contributed by atoms with E-state index in [1.807, 2.05) is 0 Å². The quantitative estimate of drug-likeness (QED) is 0.798. The topological polar surface area (TPSA) is 85.2 Å².